The van der Waals surface area contributed by atoms with Crippen LogP contribution in [0.15, 0.2) is 18.2 Å². The van der Waals surface area contributed by atoms with Crippen molar-refractivity contribution in [3.05, 3.63) is 29.3 Å². The molecule has 1 N–H and O–H groups in total. The SMILES string of the molecule is O=C(CBr)Cc1cc(O)ccc1CBr. The van der Waals surface area contributed by atoms with Crippen molar-refractivity contribution in [2.24, 2.45) is 0 Å². The summed E-state index contributed by atoms with van der Waals surface area (Å²) in [4.78, 5) is 11.2. The first-order valence-corrected chi connectivity index (χ1v) is 6.36. The van der Waals surface area contributed by atoms with E-state index in [0.29, 0.717) is 17.1 Å². The number of benzene rings is 1. The number of hydrogen-bond donors (Lipinski definition) is 1. The van der Waals surface area contributed by atoms with Crippen LogP contribution in [-0.2, 0) is 16.5 Å². The molecule has 0 bridgehead atoms. The fourth-order valence-electron chi connectivity index (χ4n) is 1.17. The summed E-state index contributed by atoms with van der Waals surface area (Å²) >= 11 is 6.45. The maximum Gasteiger partial charge on any atom is 0.147 e. The summed E-state index contributed by atoms with van der Waals surface area (Å²) in [6, 6.07) is 5.08. The Kier molecular flexibility index (Phi) is 4.62. The molecule has 1 aromatic rings. The molecule has 0 radical (unpaired) electrons. The van der Waals surface area contributed by atoms with E-state index in [2.05, 4.69) is 31.9 Å². The van der Waals surface area contributed by atoms with Gasteiger partial charge in [0.1, 0.15) is 11.5 Å². The van der Waals surface area contributed by atoms with Gasteiger partial charge in [0.15, 0.2) is 0 Å². The van der Waals surface area contributed by atoms with E-state index in [0.717, 1.165) is 11.1 Å². The lowest BCUT2D eigenvalue weighted by atomic mass is 10.0. The van der Waals surface area contributed by atoms with E-state index < -0.39 is 0 Å². The highest BCUT2D eigenvalue weighted by molar-refractivity contribution is 9.09. The van der Waals surface area contributed by atoms with Gasteiger partial charge in [0.25, 0.3) is 0 Å². The summed E-state index contributed by atoms with van der Waals surface area (Å²) in [5, 5.41) is 10.3. The van der Waals surface area contributed by atoms with Crippen molar-refractivity contribution in [1.29, 1.82) is 0 Å². The first-order valence-electron chi connectivity index (χ1n) is 4.11. The molecule has 0 saturated carbocycles. The molecule has 0 aromatic heterocycles. The quantitative estimate of drug-likeness (QED) is 0.866. The van der Waals surface area contributed by atoms with Gasteiger partial charge in [-0.15, -0.1) is 0 Å². The lowest BCUT2D eigenvalue weighted by Gasteiger charge is -2.06. The molecule has 0 atom stereocenters. The van der Waals surface area contributed by atoms with Crippen molar-refractivity contribution >= 4 is 37.6 Å². The summed E-state index contributed by atoms with van der Waals surface area (Å²) in [5.74, 6) is 0.310. The second-order valence-electron chi connectivity index (χ2n) is 2.94. The number of carbonyl (C=O) groups is 1. The van der Waals surface area contributed by atoms with Crippen LogP contribution in [0.3, 0.4) is 0 Å². The van der Waals surface area contributed by atoms with Gasteiger partial charge in [0.05, 0.1) is 5.33 Å². The normalized spacial score (nSPS) is 10.1. The number of phenolic OH excluding ortho intramolecular Hbond substituents is 1. The molecule has 14 heavy (non-hydrogen) atoms. The Hall–Kier alpha value is -0.350. The van der Waals surface area contributed by atoms with E-state index in [1.807, 2.05) is 6.07 Å². The van der Waals surface area contributed by atoms with Crippen LogP contribution < -0.4 is 0 Å². The number of ketones is 1. The maximum absolute atomic E-state index is 11.2. The van der Waals surface area contributed by atoms with E-state index in [4.69, 9.17) is 0 Å². The molecule has 0 saturated heterocycles. The summed E-state index contributed by atoms with van der Waals surface area (Å²) in [6.45, 7) is 0. The molecule has 0 aliphatic heterocycles. The molecule has 4 heteroatoms. The zero-order valence-electron chi connectivity index (χ0n) is 7.46. The van der Waals surface area contributed by atoms with Gasteiger partial charge in [-0.25, -0.2) is 0 Å². The molecule has 0 fully saturated rings. The van der Waals surface area contributed by atoms with E-state index >= 15 is 0 Å². The van der Waals surface area contributed by atoms with Crippen molar-refractivity contribution < 1.29 is 9.90 Å². The Morgan fingerprint density at radius 1 is 1.29 bits per heavy atom. The summed E-state index contributed by atoms with van der Waals surface area (Å²) in [7, 11) is 0. The highest BCUT2D eigenvalue weighted by Crippen LogP contribution is 2.19. The number of hydrogen-bond acceptors (Lipinski definition) is 2. The largest absolute Gasteiger partial charge is 0.508 e. The monoisotopic (exact) mass is 320 g/mol. The molecule has 0 aliphatic carbocycles. The lowest BCUT2D eigenvalue weighted by molar-refractivity contribution is -0.115. The Labute approximate surface area is 99.6 Å². The average molecular weight is 322 g/mol. The van der Waals surface area contributed by atoms with Crippen molar-refractivity contribution in [1.82, 2.24) is 0 Å². The fourth-order valence-corrected chi connectivity index (χ4v) is 1.91. The first kappa shape index (κ1) is 11.7. The van der Waals surface area contributed by atoms with Gasteiger partial charge < -0.3 is 5.11 Å². The van der Waals surface area contributed by atoms with Gasteiger partial charge in [-0.3, -0.25) is 4.79 Å². The molecule has 0 spiro atoms. The third kappa shape index (κ3) is 3.10. The topological polar surface area (TPSA) is 37.3 Å². The summed E-state index contributed by atoms with van der Waals surface area (Å²) < 4.78 is 0. The number of rotatable bonds is 4. The molecule has 2 nitrogen and oxygen atoms in total. The average Bonchev–Trinajstić information content (AvgIpc) is 2.18. The van der Waals surface area contributed by atoms with Crippen LogP contribution in [0.2, 0.25) is 0 Å². The number of Topliss-reactive ketones (excluding diaryl/α,β-unsaturated/α-hetero) is 1. The number of carbonyl (C=O) groups excluding carboxylic acids is 1. The van der Waals surface area contributed by atoms with Gasteiger partial charge in [-0.2, -0.15) is 0 Å². The van der Waals surface area contributed by atoms with Crippen LogP contribution in [-0.4, -0.2) is 16.2 Å². The minimum atomic E-state index is 0.109. The highest BCUT2D eigenvalue weighted by Gasteiger charge is 2.07. The zero-order valence-corrected chi connectivity index (χ0v) is 10.6. The predicted molar refractivity (Wildman–Crippen MR) is 63.2 cm³/mol. The van der Waals surface area contributed by atoms with Crippen LogP contribution in [0.4, 0.5) is 0 Å². The van der Waals surface area contributed by atoms with Crippen LogP contribution in [0.5, 0.6) is 5.75 Å². The molecule has 0 amide bonds. The number of alkyl halides is 2. The van der Waals surface area contributed by atoms with Gasteiger partial charge in [0, 0.05) is 11.8 Å². The zero-order chi connectivity index (χ0) is 10.6. The van der Waals surface area contributed by atoms with E-state index in [1.165, 1.54) is 0 Å². The number of aromatic hydroxyl groups is 1. The van der Waals surface area contributed by atoms with Gasteiger partial charge >= 0.3 is 0 Å². The molecule has 0 aliphatic rings. The van der Waals surface area contributed by atoms with Crippen LogP contribution in [0, 0.1) is 0 Å². The van der Waals surface area contributed by atoms with Crippen LogP contribution >= 0.6 is 31.9 Å². The third-order valence-corrected chi connectivity index (χ3v) is 3.10. The minimum absolute atomic E-state index is 0.109. The van der Waals surface area contributed by atoms with Crippen molar-refractivity contribution in [3.63, 3.8) is 0 Å². The molecule has 1 aromatic carbocycles. The third-order valence-electron chi connectivity index (χ3n) is 1.87. The molecular weight excluding hydrogens is 312 g/mol. The second-order valence-corrected chi connectivity index (χ2v) is 4.06. The molecule has 1 rings (SSSR count). The number of phenols is 1. The molecular formula is C10H10Br2O2. The van der Waals surface area contributed by atoms with E-state index in [9.17, 15) is 9.90 Å². The Bertz CT molecular complexity index is 337. The van der Waals surface area contributed by atoms with Gasteiger partial charge in [-0.1, -0.05) is 37.9 Å². The predicted octanol–water partition coefficient (Wildman–Crippen LogP) is 2.79. The van der Waals surface area contributed by atoms with Crippen LogP contribution in [0.1, 0.15) is 11.1 Å². The Morgan fingerprint density at radius 2 is 2.00 bits per heavy atom. The van der Waals surface area contributed by atoms with Gasteiger partial charge in [0.2, 0.25) is 0 Å². The second kappa shape index (κ2) is 5.51. The smallest absolute Gasteiger partial charge is 0.147 e. The van der Waals surface area contributed by atoms with Crippen molar-refractivity contribution in [2.75, 3.05) is 5.33 Å². The highest BCUT2D eigenvalue weighted by atomic mass is 79.9. The Morgan fingerprint density at radius 3 is 2.57 bits per heavy atom. The van der Waals surface area contributed by atoms with Crippen molar-refractivity contribution in [3.8, 4) is 5.75 Å². The molecule has 0 unspecified atom stereocenters. The maximum atomic E-state index is 11.2. The molecule has 0 heterocycles. The lowest BCUT2D eigenvalue weighted by Crippen LogP contribution is -2.05. The fraction of sp³-hybridized carbons (Fsp3) is 0.300. The standard InChI is InChI=1S/C10H10Br2O2/c11-5-7-1-2-9(13)3-8(7)4-10(14)6-12/h1-3,13H,4-6H2. The Balaban J connectivity index is 2.93. The first-order chi connectivity index (χ1) is 6.67. The summed E-state index contributed by atoms with van der Waals surface area (Å²) in [6.07, 6.45) is 0.362. The van der Waals surface area contributed by atoms with Crippen LogP contribution in [0.25, 0.3) is 0 Å². The van der Waals surface area contributed by atoms with Crippen molar-refractivity contribution in [2.45, 2.75) is 11.8 Å². The van der Waals surface area contributed by atoms with E-state index in [1.54, 1.807) is 12.1 Å². The number of halogens is 2. The van der Waals surface area contributed by atoms with E-state index in [-0.39, 0.29) is 11.5 Å². The van der Waals surface area contributed by atoms with Gasteiger partial charge in [-0.05, 0) is 23.3 Å². The minimum Gasteiger partial charge on any atom is -0.508 e. The molecule has 76 valence electrons. The summed E-state index contributed by atoms with van der Waals surface area (Å²) in [5.41, 5.74) is 1.92.